The first-order valence-corrected chi connectivity index (χ1v) is 6.15. The molecule has 0 spiro atoms. The average molecular weight is 217 g/mol. The van der Waals surface area contributed by atoms with E-state index in [1.807, 2.05) is 6.26 Å². The molecule has 0 atom stereocenters. The Kier molecular flexibility index (Phi) is 4.24. The van der Waals surface area contributed by atoms with Crippen LogP contribution in [-0.4, -0.2) is 23.8 Å². The van der Waals surface area contributed by atoms with E-state index in [4.69, 9.17) is 4.74 Å². The Hall–Kier alpha value is -0.550. The van der Waals surface area contributed by atoms with Gasteiger partial charge in [-0.15, -0.1) is 11.3 Å². The maximum absolute atomic E-state index is 11.2. The van der Waals surface area contributed by atoms with Gasteiger partial charge in [0.2, 0.25) is 0 Å². The first-order chi connectivity index (χ1) is 6.27. The van der Waals surface area contributed by atoms with E-state index in [1.165, 1.54) is 11.3 Å². The number of hydrogen-bond donors (Lipinski definition) is 0. The number of thioether (sulfide) groups is 1. The van der Waals surface area contributed by atoms with E-state index in [0.29, 0.717) is 12.3 Å². The van der Waals surface area contributed by atoms with Crippen molar-refractivity contribution in [2.75, 3.05) is 12.9 Å². The van der Waals surface area contributed by atoms with Crippen LogP contribution in [-0.2, 0) is 10.5 Å². The summed E-state index contributed by atoms with van der Waals surface area (Å²) >= 11 is 3.18. The van der Waals surface area contributed by atoms with E-state index in [-0.39, 0.29) is 5.97 Å². The second kappa shape index (κ2) is 5.24. The van der Waals surface area contributed by atoms with Gasteiger partial charge in [-0.25, -0.2) is 9.78 Å². The molecule has 0 fully saturated rings. The quantitative estimate of drug-likeness (QED) is 0.725. The highest BCUT2D eigenvalue weighted by atomic mass is 32.2. The van der Waals surface area contributed by atoms with Gasteiger partial charge in [0.15, 0.2) is 5.69 Å². The minimum atomic E-state index is -0.328. The summed E-state index contributed by atoms with van der Waals surface area (Å²) in [6, 6.07) is 0. The number of aromatic nitrogens is 1. The lowest BCUT2D eigenvalue weighted by atomic mass is 10.5. The number of nitrogens with zero attached hydrogens (tertiary/aromatic N) is 1. The highest BCUT2D eigenvalue weighted by Crippen LogP contribution is 2.15. The molecule has 1 aromatic rings. The Morgan fingerprint density at radius 1 is 1.77 bits per heavy atom. The molecule has 5 heteroatoms. The smallest absolute Gasteiger partial charge is 0.357 e. The molecule has 13 heavy (non-hydrogen) atoms. The summed E-state index contributed by atoms with van der Waals surface area (Å²) in [7, 11) is 0. The molecule has 0 saturated carbocycles. The fourth-order valence-corrected chi connectivity index (χ4v) is 2.28. The Balaban J connectivity index is 2.62. The zero-order chi connectivity index (χ0) is 9.68. The van der Waals surface area contributed by atoms with Gasteiger partial charge in [0.05, 0.1) is 6.61 Å². The topological polar surface area (TPSA) is 39.2 Å². The van der Waals surface area contributed by atoms with E-state index >= 15 is 0 Å². The number of hydrogen-bond acceptors (Lipinski definition) is 5. The van der Waals surface area contributed by atoms with Crippen LogP contribution < -0.4 is 0 Å². The number of esters is 1. The number of carbonyl (C=O) groups is 1. The number of rotatable bonds is 4. The molecule has 72 valence electrons. The van der Waals surface area contributed by atoms with Crippen molar-refractivity contribution < 1.29 is 9.53 Å². The maximum atomic E-state index is 11.2. The van der Waals surface area contributed by atoms with Gasteiger partial charge in [-0.1, -0.05) is 0 Å². The predicted molar refractivity (Wildman–Crippen MR) is 55.3 cm³/mol. The summed E-state index contributed by atoms with van der Waals surface area (Å²) in [4.78, 5) is 15.3. The van der Waals surface area contributed by atoms with Crippen LogP contribution in [0, 0.1) is 0 Å². The summed E-state index contributed by atoms with van der Waals surface area (Å²) < 4.78 is 4.82. The Labute approximate surface area is 85.5 Å². The molecule has 0 aromatic carbocycles. The summed E-state index contributed by atoms with van der Waals surface area (Å²) in [5.41, 5.74) is 0.427. The molecule has 0 unspecified atom stereocenters. The molecule has 0 N–H and O–H groups in total. The van der Waals surface area contributed by atoms with E-state index in [2.05, 4.69) is 4.98 Å². The lowest BCUT2D eigenvalue weighted by molar-refractivity contribution is 0.0520. The van der Waals surface area contributed by atoms with Crippen molar-refractivity contribution in [3.8, 4) is 0 Å². The summed E-state index contributed by atoms with van der Waals surface area (Å²) in [6.45, 7) is 2.18. The van der Waals surface area contributed by atoms with Crippen LogP contribution in [0.25, 0.3) is 0 Å². The van der Waals surface area contributed by atoms with Gasteiger partial charge < -0.3 is 4.74 Å². The Morgan fingerprint density at radius 2 is 2.54 bits per heavy atom. The van der Waals surface area contributed by atoms with Crippen LogP contribution in [0.1, 0.15) is 22.4 Å². The van der Waals surface area contributed by atoms with Gasteiger partial charge in [-0.3, -0.25) is 0 Å². The summed E-state index contributed by atoms with van der Waals surface area (Å²) in [6.07, 6.45) is 2.01. The number of ether oxygens (including phenoxy) is 1. The molecule has 0 aliphatic heterocycles. The fourth-order valence-electron chi connectivity index (χ4n) is 0.799. The third-order valence-electron chi connectivity index (χ3n) is 1.30. The number of carbonyl (C=O) groups excluding carboxylic acids is 1. The van der Waals surface area contributed by atoms with E-state index in [1.54, 1.807) is 24.1 Å². The molecule has 1 rings (SSSR count). The lowest BCUT2D eigenvalue weighted by Crippen LogP contribution is -2.04. The molecule has 0 bridgehead atoms. The SMILES string of the molecule is CCOC(=O)c1csc(CSC)n1. The monoisotopic (exact) mass is 217 g/mol. The van der Waals surface area contributed by atoms with Crippen molar-refractivity contribution in [1.82, 2.24) is 4.98 Å². The van der Waals surface area contributed by atoms with Crippen molar-refractivity contribution in [3.63, 3.8) is 0 Å². The highest BCUT2D eigenvalue weighted by Gasteiger charge is 2.10. The van der Waals surface area contributed by atoms with Gasteiger partial charge in [0.25, 0.3) is 0 Å². The van der Waals surface area contributed by atoms with Crippen molar-refractivity contribution >= 4 is 29.1 Å². The van der Waals surface area contributed by atoms with Crippen LogP contribution >= 0.6 is 23.1 Å². The van der Waals surface area contributed by atoms with E-state index < -0.39 is 0 Å². The standard InChI is InChI=1S/C8H11NO2S2/c1-3-11-8(10)6-4-13-7(9-6)5-12-2/h4H,3,5H2,1-2H3. The Bertz CT molecular complexity index is 285. The van der Waals surface area contributed by atoms with Crippen LogP contribution in [0.15, 0.2) is 5.38 Å². The van der Waals surface area contributed by atoms with Crippen molar-refractivity contribution in [2.45, 2.75) is 12.7 Å². The van der Waals surface area contributed by atoms with Gasteiger partial charge in [0, 0.05) is 11.1 Å². The zero-order valence-electron chi connectivity index (χ0n) is 7.57. The minimum Gasteiger partial charge on any atom is -0.461 e. The van der Waals surface area contributed by atoms with E-state index in [9.17, 15) is 4.79 Å². The largest absolute Gasteiger partial charge is 0.461 e. The van der Waals surface area contributed by atoms with Gasteiger partial charge in [-0.05, 0) is 13.2 Å². The molecule has 1 heterocycles. The average Bonchev–Trinajstić information content (AvgIpc) is 2.54. The number of thiazole rings is 1. The Morgan fingerprint density at radius 3 is 3.15 bits per heavy atom. The molecule has 0 radical (unpaired) electrons. The van der Waals surface area contributed by atoms with Crippen molar-refractivity contribution in [3.05, 3.63) is 16.1 Å². The van der Waals surface area contributed by atoms with Crippen molar-refractivity contribution in [2.24, 2.45) is 0 Å². The van der Waals surface area contributed by atoms with E-state index in [0.717, 1.165) is 10.8 Å². The van der Waals surface area contributed by atoms with Crippen LogP contribution in [0.3, 0.4) is 0 Å². The first-order valence-electron chi connectivity index (χ1n) is 3.88. The summed E-state index contributed by atoms with van der Waals surface area (Å²) in [5.74, 6) is 0.524. The molecule has 0 saturated heterocycles. The second-order valence-electron chi connectivity index (χ2n) is 2.28. The fraction of sp³-hybridized carbons (Fsp3) is 0.500. The molecular formula is C8H11NO2S2. The molecule has 0 amide bonds. The molecular weight excluding hydrogens is 206 g/mol. The van der Waals surface area contributed by atoms with Crippen LogP contribution in [0.2, 0.25) is 0 Å². The van der Waals surface area contributed by atoms with Crippen molar-refractivity contribution in [1.29, 1.82) is 0 Å². The normalized spacial score (nSPS) is 10.0. The third-order valence-corrected chi connectivity index (χ3v) is 2.90. The second-order valence-corrected chi connectivity index (χ2v) is 4.09. The van der Waals surface area contributed by atoms with Gasteiger partial charge >= 0.3 is 5.97 Å². The van der Waals surface area contributed by atoms with Crippen LogP contribution in [0.5, 0.6) is 0 Å². The molecule has 3 nitrogen and oxygen atoms in total. The minimum absolute atomic E-state index is 0.328. The predicted octanol–water partition coefficient (Wildman–Crippen LogP) is 2.18. The van der Waals surface area contributed by atoms with Gasteiger partial charge in [0.1, 0.15) is 5.01 Å². The zero-order valence-corrected chi connectivity index (χ0v) is 9.20. The summed E-state index contributed by atoms with van der Waals surface area (Å²) in [5, 5.41) is 2.71. The third kappa shape index (κ3) is 3.00. The van der Waals surface area contributed by atoms with Crippen LogP contribution in [0.4, 0.5) is 0 Å². The molecule has 0 aliphatic carbocycles. The highest BCUT2D eigenvalue weighted by molar-refractivity contribution is 7.97. The van der Waals surface area contributed by atoms with Gasteiger partial charge in [-0.2, -0.15) is 11.8 Å². The maximum Gasteiger partial charge on any atom is 0.357 e. The first kappa shape index (κ1) is 10.5. The lowest BCUT2D eigenvalue weighted by Gasteiger charge is -1.95. The molecule has 0 aliphatic rings. The molecule has 1 aromatic heterocycles.